The molecule has 0 saturated carbocycles. The fourth-order valence-electron chi connectivity index (χ4n) is 3.07. The topological polar surface area (TPSA) is 110 Å². The molecule has 0 spiro atoms. The van der Waals surface area contributed by atoms with E-state index in [-0.39, 0.29) is 17.6 Å². The lowest BCUT2D eigenvalue weighted by Crippen LogP contribution is -2.45. The number of nitrogens with zero attached hydrogens (tertiary/aromatic N) is 1. The van der Waals surface area contributed by atoms with Crippen LogP contribution in [0.3, 0.4) is 0 Å². The van der Waals surface area contributed by atoms with Crippen molar-refractivity contribution in [2.75, 3.05) is 13.1 Å². The molecule has 0 aliphatic carbocycles. The average molecular weight is 359 g/mol. The second kappa shape index (κ2) is 9.12. The van der Waals surface area contributed by atoms with Crippen molar-refractivity contribution in [1.29, 1.82) is 0 Å². The number of unbranched alkanes of at least 4 members (excludes halogenated alkanes) is 1. The molecule has 7 heteroatoms. The summed E-state index contributed by atoms with van der Waals surface area (Å²) in [6, 6.07) is 5.94. The van der Waals surface area contributed by atoms with Gasteiger partial charge in [-0.25, -0.2) is 0 Å². The Morgan fingerprint density at radius 2 is 1.81 bits per heavy atom. The van der Waals surface area contributed by atoms with E-state index in [2.05, 4.69) is 5.32 Å². The van der Waals surface area contributed by atoms with Gasteiger partial charge in [0.05, 0.1) is 0 Å². The van der Waals surface area contributed by atoms with Crippen LogP contribution in [-0.2, 0) is 9.59 Å². The van der Waals surface area contributed by atoms with E-state index >= 15 is 0 Å². The highest BCUT2D eigenvalue weighted by atomic mass is 16.2. The van der Waals surface area contributed by atoms with E-state index in [1.54, 1.807) is 29.2 Å². The lowest BCUT2D eigenvalue weighted by atomic mass is 10.1. The number of hydrogen-bond donors (Lipinski definition) is 2. The SMILES string of the molecule is CC(=O)c1ccc(C(=O)NCCCC[C@@H](C(N)=O)N2CCCC2=O)cc1. The van der Waals surface area contributed by atoms with Crippen molar-refractivity contribution in [2.24, 2.45) is 5.73 Å². The van der Waals surface area contributed by atoms with Gasteiger partial charge in [-0.15, -0.1) is 0 Å². The molecule has 0 bridgehead atoms. The van der Waals surface area contributed by atoms with Gasteiger partial charge in [0.1, 0.15) is 6.04 Å². The molecule has 1 heterocycles. The van der Waals surface area contributed by atoms with Crippen LogP contribution in [0.25, 0.3) is 0 Å². The number of nitrogens with one attached hydrogen (secondary N) is 1. The number of nitrogens with two attached hydrogens (primary N) is 1. The molecule has 7 nitrogen and oxygen atoms in total. The summed E-state index contributed by atoms with van der Waals surface area (Å²) in [5.41, 5.74) is 6.48. The van der Waals surface area contributed by atoms with E-state index in [1.165, 1.54) is 6.92 Å². The minimum atomic E-state index is -0.556. The monoisotopic (exact) mass is 359 g/mol. The van der Waals surface area contributed by atoms with E-state index in [4.69, 9.17) is 5.73 Å². The number of hydrogen-bond acceptors (Lipinski definition) is 4. The van der Waals surface area contributed by atoms with Gasteiger partial charge in [-0.1, -0.05) is 12.1 Å². The summed E-state index contributed by atoms with van der Waals surface area (Å²) in [5, 5.41) is 2.81. The molecule has 1 fully saturated rings. The Kier molecular flexibility index (Phi) is 6.89. The maximum absolute atomic E-state index is 12.1. The molecule has 1 aromatic rings. The first-order valence-corrected chi connectivity index (χ1v) is 8.88. The number of likely N-dealkylation sites (tertiary alicyclic amines) is 1. The molecule has 1 atom stereocenters. The number of benzene rings is 1. The Bertz CT molecular complexity index is 685. The summed E-state index contributed by atoms with van der Waals surface area (Å²) in [4.78, 5) is 48.2. The van der Waals surface area contributed by atoms with Crippen molar-refractivity contribution in [1.82, 2.24) is 10.2 Å². The first-order chi connectivity index (χ1) is 12.4. The van der Waals surface area contributed by atoms with Crippen LogP contribution >= 0.6 is 0 Å². The summed E-state index contributed by atoms with van der Waals surface area (Å²) in [6.07, 6.45) is 3.11. The van der Waals surface area contributed by atoms with Crippen LogP contribution in [0.4, 0.5) is 0 Å². The Morgan fingerprint density at radius 3 is 2.35 bits per heavy atom. The van der Waals surface area contributed by atoms with Crippen LogP contribution in [0.15, 0.2) is 24.3 Å². The van der Waals surface area contributed by atoms with Crippen molar-refractivity contribution in [3.8, 4) is 0 Å². The number of Topliss-reactive ketones (excluding diaryl/α,β-unsaturated/α-hetero) is 1. The molecule has 3 N–H and O–H groups in total. The largest absolute Gasteiger partial charge is 0.368 e. The summed E-state index contributed by atoms with van der Waals surface area (Å²) in [6.45, 7) is 2.52. The molecule has 3 amide bonds. The average Bonchev–Trinajstić information content (AvgIpc) is 3.03. The van der Waals surface area contributed by atoms with E-state index < -0.39 is 11.9 Å². The molecule has 1 aliphatic heterocycles. The van der Waals surface area contributed by atoms with Gasteiger partial charge in [0.25, 0.3) is 5.91 Å². The molecule has 0 unspecified atom stereocenters. The maximum atomic E-state index is 12.1. The van der Waals surface area contributed by atoms with E-state index in [9.17, 15) is 19.2 Å². The van der Waals surface area contributed by atoms with Crippen LogP contribution < -0.4 is 11.1 Å². The molecule has 2 rings (SSSR count). The van der Waals surface area contributed by atoms with Crippen molar-refractivity contribution in [3.05, 3.63) is 35.4 Å². The molecule has 1 aromatic carbocycles. The summed E-state index contributed by atoms with van der Waals surface area (Å²) in [7, 11) is 0. The van der Waals surface area contributed by atoms with E-state index in [1.807, 2.05) is 0 Å². The minimum absolute atomic E-state index is 0.0175. The molecule has 26 heavy (non-hydrogen) atoms. The van der Waals surface area contributed by atoms with E-state index in [0.29, 0.717) is 49.9 Å². The third-order valence-electron chi connectivity index (χ3n) is 4.56. The van der Waals surface area contributed by atoms with Gasteiger partial charge < -0.3 is 16.0 Å². The second-order valence-corrected chi connectivity index (χ2v) is 6.49. The van der Waals surface area contributed by atoms with Crippen LogP contribution in [0.5, 0.6) is 0 Å². The first kappa shape index (κ1) is 19.6. The Hall–Kier alpha value is -2.70. The van der Waals surface area contributed by atoms with Gasteiger partial charge in [-0.2, -0.15) is 0 Å². The van der Waals surface area contributed by atoms with Crippen LogP contribution in [0.2, 0.25) is 0 Å². The first-order valence-electron chi connectivity index (χ1n) is 8.88. The molecule has 0 aromatic heterocycles. The number of carbonyl (C=O) groups is 4. The number of amides is 3. The van der Waals surface area contributed by atoms with Crippen LogP contribution in [-0.4, -0.2) is 47.5 Å². The maximum Gasteiger partial charge on any atom is 0.251 e. The summed E-state index contributed by atoms with van der Waals surface area (Å²) < 4.78 is 0. The van der Waals surface area contributed by atoms with Crippen molar-refractivity contribution >= 4 is 23.5 Å². The Morgan fingerprint density at radius 1 is 1.15 bits per heavy atom. The Labute approximate surface area is 152 Å². The van der Waals surface area contributed by atoms with Gasteiger partial charge in [0.15, 0.2) is 5.78 Å². The summed E-state index contributed by atoms with van der Waals surface area (Å²) >= 11 is 0. The third-order valence-corrected chi connectivity index (χ3v) is 4.56. The van der Waals surface area contributed by atoms with Crippen molar-refractivity contribution in [3.63, 3.8) is 0 Å². The number of rotatable bonds is 9. The smallest absolute Gasteiger partial charge is 0.251 e. The van der Waals surface area contributed by atoms with E-state index in [0.717, 1.165) is 6.42 Å². The molecule has 140 valence electrons. The second-order valence-electron chi connectivity index (χ2n) is 6.49. The molecule has 1 aliphatic rings. The van der Waals surface area contributed by atoms with Gasteiger partial charge in [0.2, 0.25) is 11.8 Å². The molecular formula is C19H25N3O4. The highest BCUT2D eigenvalue weighted by Gasteiger charge is 2.30. The number of ketones is 1. The normalized spacial score (nSPS) is 15.0. The zero-order valence-electron chi connectivity index (χ0n) is 15.0. The van der Waals surface area contributed by atoms with Gasteiger partial charge in [-0.3, -0.25) is 19.2 Å². The van der Waals surface area contributed by atoms with Gasteiger partial charge in [-0.05, 0) is 44.7 Å². The van der Waals surface area contributed by atoms with Crippen LogP contribution in [0, 0.1) is 0 Å². The highest BCUT2D eigenvalue weighted by Crippen LogP contribution is 2.17. The fraction of sp³-hybridized carbons (Fsp3) is 0.474. The summed E-state index contributed by atoms with van der Waals surface area (Å²) in [5.74, 6) is -0.746. The zero-order chi connectivity index (χ0) is 19.1. The molecular weight excluding hydrogens is 334 g/mol. The van der Waals surface area contributed by atoms with Crippen molar-refractivity contribution in [2.45, 2.75) is 45.1 Å². The van der Waals surface area contributed by atoms with Crippen molar-refractivity contribution < 1.29 is 19.2 Å². The minimum Gasteiger partial charge on any atom is -0.368 e. The van der Waals surface area contributed by atoms with Crippen LogP contribution in [0.1, 0.15) is 59.7 Å². The highest BCUT2D eigenvalue weighted by molar-refractivity contribution is 5.97. The molecule has 1 saturated heterocycles. The quantitative estimate of drug-likeness (QED) is 0.511. The molecule has 0 radical (unpaired) electrons. The fourth-order valence-corrected chi connectivity index (χ4v) is 3.07. The predicted molar refractivity (Wildman–Crippen MR) is 96.6 cm³/mol. The lowest BCUT2D eigenvalue weighted by Gasteiger charge is -2.25. The lowest BCUT2D eigenvalue weighted by molar-refractivity contribution is -0.136. The predicted octanol–water partition coefficient (Wildman–Crippen LogP) is 1.27. The third kappa shape index (κ3) is 5.15. The number of carbonyl (C=O) groups excluding carboxylic acids is 4. The zero-order valence-corrected chi connectivity index (χ0v) is 15.0. The Balaban J connectivity index is 1.73. The van der Waals surface area contributed by atoms with Gasteiger partial charge >= 0.3 is 0 Å². The van der Waals surface area contributed by atoms with Gasteiger partial charge in [0, 0.05) is 30.6 Å². The standard InChI is InChI=1S/C19H25N3O4/c1-13(23)14-7-9-15(10-8-14)19(26)21-11-3-2-5-16(18(20)25)22-12-4-6-17(22)24/h7-10,16H,2-6,11-12H2,1H3,(H2,20,25)(H,21,26)/t16-/m0/s1. The number of primary amides is 1.